The fourth-order valence-corrected chi connectivity index (χ4v) is 3.70. The van der Waals surface area contributed by atoms with Gasteiger partial charge < -0.3 is 47.7 Å². The van der Waals surface area contributed by atoms with Gasteiger partial charge in [-0.15, -0.1) is 0 Å². The topological polar surface area (TPSA) is 267 Å². The number of aromatic nitrogens is 1. The monoisotopic (exact) mass is 548 g/mol. The molecule has 0 aliphatic heterocycles. The van der Waals surface area contributed by atoms with Gasteiger partial charge in [-0.05, 0) is 25.0 Å². The van der Waals surface area contributed by atoms with Crippen molar-refractivity contribution in [3.63, 3.8) is 0 Å². The Balaban J connectivity index is 2.30. The zero-order valence-corrected chi connectivity index (χ0v) is 21.0. The molecule has 0 fully saturated rings. The number of primary amides is 1. The molecule has 0 radical (unpaired) electrons. The molecule has 15 heteroatoms. The van der Waals surface area contributed by atoms with Crippen molar-refractivity contribution < 1.29 is 44.1 Å². The van der Waals surface area contributed by atoms with Crippen molar-refractivity contribution in [2.45, 2.75) is 62.9 Å². The van der Waals surface area contributed by atoms with Crippen molar-refractivity contribution in [1.82, 2.24) is 20.9 Å². The summed E-state index contributed by atoms with van der Waals surface area (Å²) in [4.78, 5) is 75.7. The van der Waals surface area contributed by atoms with Gasteiger partial charge in [-0.25, -0.2) is 4.79 Å². The fourth-order valence-electron chi connectivity index (χ4n) is 3.70. The number of fused-ring (bicyclic) bond motifs is 1. The van der Waals surface area contributed by atoms with Gasteiger partial charge in [0.15, 0.2) is 0 Å². The lowest BCUT2D eigenvalue weighted by atomic mass is 10.0. The van der Waals surface area contributed by atoms with Crippen LogP contribution in [0, 0.1) is 0 Å². The van der Waals surface area contributed by atoms with Crippen LogP contribution in [0.2, 0.25) is 0 Å². The minimum atomic E-state index is -1.64. The van der Waals surface area contributed by atoms with Crippen LogP contribution in [0.5, 0.6) is 0 Å². The summed E-state index contributed by atoms with van der Waals surface area (Å²) in [5.41, 5.74) is 12.3. The summed E-state index contributed by atoms with van der Waals surface area (Å²) in [6.07, 6.45) is -1.44. The zero-order chi connectivity index (χ0) is 29.3. The highest BCUT2D eigenvalue weighted by Crippen LogP contribution is 2.19. The first-order valence-corrected chi connectivity index (χ1v) is 11.9. The Labute approximate surface area is 222 Å². The number of aromatic amines is 1. The molecule has 0 spiro atoms. The number of amides is 4. The maximum absolute atomic E-state index is 13.3. The molecule has 0 aliphatic carbocycles. The predicted octanol–water partition coefficient (Wildman–Crippen LogP) is -2.30. The Morgan fingerprint density at radius 3 is 2.10 bits per heavy atom. The smallest absolute Gasteiger partial charge is 0.326 e. The van der Waals surface area contributed by atoms with Crippen LogP contribution in [-0.2, 0) is 35.2 Å². The molecule has 11 N–H and O–H groups in total. The molecule has 2 rings (SSSR count). The quantitative estimate of drug-likeness (QED) is 0.115. The number of benzene rings is 1. The molecule has 4 amide bonds. The average molecular weight is 549 g/mol. The third-order valence-corrected chi connectivity index (χ3v) is 5.85. The number of hydrogen-bond donors (Lipinski definition) is 9. The van der Waals surface area contributed by atoms with Crippen molar-refractivity contribution >= 4 is 46.5 Å². The SMILES string of the molecule is CC(O)C(N)C(=O)NC(Cc1c[nH]c2ccccc12)C(=O)NC(CC(N)=O)C(=O)NC(CCC(=O)O)C(=O)O. The molecule has 2 aromatic rings. The van der Waals surface area contributed by atoms with E-state index in [-0.39, 0.29) is 6.42 Å². The summed E-state index contributed by atoms with van der Waals surface area (Å²) in [5, 5.41) is 35.4. The molecule has 1 aromatic heterocycles. The van der Waals surface area contributed by atoms with Gasteiger partial charge in [-0.1, -0.05) is 18.2 Å². The first-order chi connectivity index (χ1) is 18.3. The average Bonchev–Trinajstić information content (AvgIpc) is 3.27. The van der Waals surface area contributed by atoms with E-state index in [9.17, 15) is 39.0 Å². The van der Waals surface area contributed by atoms with E-state index in [0.717, 1.165) is 10.9 Å². The van der Waals surface area contributed by atoms with Gasteiger partial charge in [0, 0.05) is 29.9 Å². The summed E-state index contributed by atoms with van der Waals surface area (Å²) in [7, 11) is 0. The van der Waals surface area contributed by atoms with Crippen molar-refractivity contribution in [3.05, 3.63) is 36.0 Å². The van der Waals surface area contributed by atoms with Crippen LogP contribution in [0.1, 0.15) is 31.7 Å². The summed E-state index contributed by atoms with van der Waals surface area (Å²) in [5.74, 6) is -6.70. The molecule has 5 atom stereocenters. The first kappa shape index (κ1) is 30.7. The van der Waals surface area contributed by atoms with Crippen LogP contribution >= 0.6 is 0 Å². The van der Waals surface area contributed by atoms with Crippen molar-refractivity contribution in [2.24, 2.45) is 11.5 Å². The minimum absolute atomic E-state index is 0.0879. The van der Waals surface area contributed by atoms with E-state index in [2.05, 4.69) is 20.9 Å². The van der Waals surface area contributed by atoms with Crippen LogP contribution in [0.3, 0.4) is 0 Å². The van der Waals surface area contributed by atoms with E-state index >= 15 is 0 Å². The molecule has 0 bridgehead atoms. The number of aliphatic hydroxyl groups excluding tert-OH is 1. The Kier molecular flexibility index (Phi) is 10.9. The Bertz CT molecular complexity index is 1230. The number of rotatable bonds is 15. The molecular formula is C24H32N6O9. The van der Waals surface area contributed by atoms with Crippen LogP contribution < -0.4 is 27.4 Å². The molecule has 212 valence electrons. The Hall–Kier alpha value is -4.50. The predicted molar refractivity (Wildman–Crippen MR) is 136 cm³/mol. The van der Waals surface area contributed by atoms with E-state index in [4.69, 9.17) is 16.6 Å². The molecule has 1 aromatic carbocycles. The van der Waals surface area contributed by atoms with Crippen molar-refractivity contribution in [1.29, 1.82) is 0 Å². The van der Waals surface area contributed by atoms with E-state index in [1.54, 1.807) is 30.5 Å². The van der Waals surface area contributed by atoms with Crippen LogP contribution in [0.4, 0.5) is 0 Å². The molecule has 0 aliphatic rings. The molecule has 5 unspecified atom stereocenters. The molecular weight excluding hydrogens is 516 g/mol. The Morgan fingerprint density at radius 1 is 0.923 bits per heavy atom. The van der Waals surface area contributed by atoms with Crippen LogP contribution in [0.15, 0.2) is 30.5 Å². The molecule has 0 saturated heterocycles. The van der Waals surface area contributed by atoms with E-state index in [1.807, 2.05) is 0 Å². The number of carbonyl (C=O) groups is 6. The second kappa shape index (κ2) is 13.9. The van der Waals surface area contributed by atoms with Gasteiger partial charge in [0.05, 0.1) is 12.5 Å². The second-order valence-electron chi connectivity index (χ2n) is 8.95. The van der Waals surface area contributed by atoms with Crippen LogP contribution in [-0.4, -0.2) is 86.1 Å². The van der Waals surface area contributed by atoms with Gasteiger partial charge in [-0.3, -0.25) is 24.0 Å². The third-order valence-electron chi connectivity index (χ3n) is 5.85. The number of aliphatic carboxylic acids is 2. The minimum Gasteiger partial charge on any atom is -0.481 e. The van der Waals surface area contributed by atoms with Crippen LogP contribution in [0.25, 0.3) is 10.9 Å². The maximum Gasteiger partial charge on any atom is 0.326 e. The second-order valence-corrected chi connectivity index (χ2v) is 8.95. The number of hydrogen-bond acceptors (Lipinski definition) is 8. The number of para-hydroxylation sites is 1. The van der Waals surface area contributed by atoms with Crippen molar-refractivity contribution in [2.75, 3.05) is 0 Å². The summed E-state index contributed by atoms with van der Waals surface area (Å²) < 4.78 is 0. The lowest BCUT2D eigenvalue weighted by Gasteiger charge is -2.25. The van der Waals surface area contributed by atoms with Gasteiger partial charge in [0.25, 0.3) is 0 Å². The lowest BCUT2D eigenvalue weighted by molar-refractivity contribution is -0.143. The van der Waals surface area contributed by atoms with E-state index < -0.39 is 85.1 Å². The summed E-state index contributed by atoms with van der Waals surface area (Å²) in [6.45, 7) is 1.29. The number of nitrogens with two attached hydrogens (primary N) is 2. The number of carboxylic acid groups (broad SMARTS) is 2. The standard InChI is InChI=1S/C24H32N6O9/c1-11(31)20(26)23(37)30-16(8-12-10-27-14-5-3-2-4-13(12)14)21(35)29-17(9-18(25)32)22(36)28-15(24(38)39)6-7-19(33)34/h2-5,10-11,15-17,20,27,31H,6-9,26H2,1H3,(H2,25,32)(H,28,36)(H,29,35)(H,30,37)(H,33,34)(H,38,39). The maximum atomic E-state index is 13.3. The molecule has 15 nitrogen and oxygen atoms in total. The van der Waals surface area contributed by atoms with E-state index in [1.165, 1.54) is 6.92 Å². The summed E-state index contributed by atoms with van der Waals surface area (Å²) in [6, 6.07) is 1.17. The number of nitrogens with one attached hydrogen (secondary N) is 4. The van der Waals surface area contributed by atoms with Gasteiger partial charge in [0.1, 0.15) is 24.2 Å². The Morgan fingerprint density at radius 2 is 1.51 bits per heavy atom. The lowest BCUT2D eigenvalue weighted by Crippen LogP contribution is -2.59. The molecule has 0 saturated carbocycles. The zero-order valence-electron chi connectivity index (χ0n) is 21.0. The summed E-state index contributed by atoms with van der Waals surface area (Å²) >= 11 is 0. The van der Waals surface area contributed by atoms with Gasteiger partial charge in [-0.2, -0.15) is 0 Å². The third kappa shape index (κ3) is 9.08. The van der Waals surface area contributed by atoms with Gasteiger partial charge >= 0.3 is 11.9 Å². The highest BCUT2D eigenvalue weighted by molar-refractivity contribution is 5.96. The normalized spacial score (nSPS) is 14.8. The number of H-pyrrole nitrogens is 1. The molecule has 1 heterocycles. The largest absolute Gasteiger partial charge is 0.481 e. The highest BCUT2D eigenvalue weighted by Gasteiger charge is 2.32. The van der Waals surface area contributed by atoms with Crippen molar-refractivity contribution in [3.8, 4) is 0 Å². The number of carbonyl (C=O) groups excluding carboxylic acids is 4. The van der Waals surface area contributed by atoms with E-state index in [0.29, 0.717) is 5.56 Å². The van der Waals surface area contributed by atoms with Gasteiger partial charge in [0.2, 0.25) is 23.6 Å². The number of aliphatic hydroxyl groups is 1. The number of carboxylic acids is 2. The highest BCUT2D eigenvalue weighted by atomic mass is 16.4. The molecule has 39 heavy (non-hydrogen) atoms. The first-order valence-electron chi connectivity index (χ1n) is 11.9. The fraction of sp³-hybridized carbons (Fsp3) is 0.417.